The molecule has 0 radical (unpaired) electrons. The number of benzene rings is 1. The number of anilines is 1. The first-order chi connectivity index (χ1) is 8.63. The van der Waals surface area contributed by atoms with Crippen LogP contribution in [0.3, 0.4) is 0 Å². The molecular formula is C13H19N3O2. The fraction of sp³-hybridized carbons (Fsp3) is 0.385. The maximum Gasteiger partial charge on any atom is 0.256 e. The molecule has 5 nitrogen and oxygen atoms in total. The number of likely N-dealkylation sites (N-methyl/N-ethyl adjacent to an activating group) is 2. The molecule has 98 valence electrons. The van der Waals surface area contributed by atoms with E-state index in [1.807, 2.05) is 25.1 Å². The van der Waals surface area contributed by atoms with Gasteiger partial charge in [0, 0.05) is 26.3 Å². The molecule has 0 spiro atoms. The zero-order valence-corrected chi connectivity index (χ0v) is 11.0. The Morgan fingerprint density at radius 3 is 2.44 bits per heavy atom. The summed E-state index contributed by atoms with van der Waals surface area (Å²) < 4.78 is 0. The molecule has 0 bridgehead atoms. The van der Waals surface area contributed by atoms with Crippen LogP contribution in [-0.2, 0) is 4.79 Å². The standard InChI is InChI=1S/C13H19N3O2/c1-4-16(9-12(17)15-3)13(18)10-7-5-6-8-11(10)14-2/h5-8,14H,4,9H2,1-3H3,(H,15,17). The lowest BCUT2D eigenvalue weighted by Crippen LogP contribution is -2.39. The van der Waals surface area contributed by atoms with Crippen LogP contribution < -0.4 is 10.6 Å². The number of rotatable bonds is 5. The van der Waals surface area contributed by atoms with Crippen molar-refractivity contribution in [2.75, 3.05) is 32.5 Å². The number of carbonyl (C=O) groups excluding carboxylic acids is 2. The average Bonchev–Trinajstić information content (AvgIpc) is 2.43. The Morgan fingerprint density at radius 2 is 1.89 bits per heavy atom. The third-order valence-corrected chi connectivity index (χ3v) is 2.71. The monoisotopic (exact) mass is 249 g/mol. The van der Waals surface area contributed by atoms with E-state index < -0.39 is 0 Å². The minimum atomic E-state index is -0.174. The smallest absolute Gasteiger partial charge is 0.256 e. The van der Waals surface area contributed by atoms with Crippen molar-refractivity contribution in [1.29, 1.82) is 0 Å². The van der Waals surface area contributed by atoms with E-state index in [0.717, 1.165) is 5.69 Å². The van der Waals surface area contributed by atoms with Crippen molar-refractivity contribution in [2.45, 2.75) is 6.92 Å². The number of hydrogen-bond donors (Lipinski definition) is 2. The molecule has 1 rings (SSSR count). The molecule has 2 N–H and O–H groups in total. The van der Waals surface area contributed by atoms with Crippen LogP contribution in [-0.4, -0.2) is 43.9 Å². The molecule has 0 aliphatic rings. The van der Waals surface area contributed by atoms with Gasteiger partial charge >= 0.3 is 0 Å². The highest BCUT2D eigenvalue weighted by Crippen LogP contribution is 2.16. The van der Waals surface area contributed by atoms with E-state index in [9.17, 15) is 9.59 Å². The highest BCUT2D eigenvalue weighted by Gasteiger charge is 2.18. The lowest BCUT2D eigenvalue weighted by Gasteiger charge is -2.21. The molecule has 0 heterocycles. The summed E-state index contributed by atoms with van der Waals surface area (Å²) in [7, 11) is 3.32. The number of nitrogens with one attached hydrogen (secondary N) is 2. The van der Waals surface area contributed by atoms with Gasteiger partial charge in [0.2, 0.25) is 5.91 Å². The molecule has 1 aromatic carbocycles. The minimum Gasteiger partial charge on any atom is -0.387 e. The Balaban J connectivity index is 2.92. The molecule has 0 fully saturated rings. The van der Waals surface area contributed by atoms with Crippen molar-refractivity contribution >= 4 is 17.5 Å². The SMILES string of the molecule is CCN(CC(=O)NC)C(=O)c1ccccc1NC. The summed E-state index contributed by atoms with van der Waals surface area (Å²) in [6, 6.07) is 7.25. The Morgan fingerprint density at radius 1 is 1.22 bits per heavy atom. The average molecular weight is 249 g/mol. The fourth-order valence-corrected chi connectivity index (χ4v) is 1.64. The molecule has 0 saturated carbocycles. The summed E-state index contributed by atoms with van der Waals surface area (Å²) in [5, 5.41) is 5.49. The Hall–Kier alpha value is -2.04. The molecule has 1 aromatic rings. The maximum absolute atomic E-state index is 12.3. The molecule has 0 saturated heterocycles. The van der Waals surface area contributed by atoms with E-state index in [-0.39, 0.29) is 18.4 Å². The van der Waals surface area contributed by atoms with E-state index in [0.29, 0.717) is 12.1 Å². The predicted molar refractivity (Wildman–Crippen MR) is 71.6 cm³/mol. The number of carbonyl (C=O) groups is 2. The van der Waals surface area contributed by atoms with Gasteiger partial charge in [0.05, 0.1) is 12.1 Å². The molecular weight excluding hydrogens is 230 g/mol. The van der Waals surface area contributed by atoms with Gasteiger partial charge in [-0.1, -0.05) is 12.1 Å². The van der Waals surface area contributed by atoms with Crippen LogP contribution in [0, 0.1) is 0 Å². The summed E-state index contributed by atoms with van der Waals surface area (Å²) in [6.07, 6.45) is 0. The highest BCUT2D eigenvalue weighted by molar-refractivity contribution is 6.01. The van der Waals surface area contributed by atoms with Crippen LogP contribution in [0.15, 0.2) is 24.3 Å². The third-order valence-electron chi connectivity index (χ3n) is 2.71. The Bertz CT molecular complexity index is 432. The largest absolute Gasteiger partial charge is 0.387 e. The van der Waals surface area contributed by atoms with Crippen molar-refractivity contribution in [2.24, 2.45) is 0 Å². The summed E-state index contributed by atoms with van der Waals surface area (Å²) in [5.74, 6) is -0.321. The van der Waals surface area contributed by atoms with Crippen LogP contribution in [0.1, 0.15) is 17.3 Å². The summed E-state index contributed by atoms with van der Waals surface area (Å²) in [4.78, 5) is 25.2. The van der Waals surface area contributed by atoms with Gasteiger partial charge in [-0.15, -0.1) is 0 Å². The van der Waals surface area contributed by atoms with Gasteiger partial charge < -0.3 is 15.5 Å². The van der Waals surface area contributed by atoms with Crippen LogP contribution >= 0.6 is 0 Å². The minimum absolute atomic E-state index is 0.0733. The van der Waals surface area contributed by atoms with Crippen molar-refractivity contribution in [3.63, 3.8) is 0 Å². The topological polar surface area (TPSA) is 61.4 Å². The molecule has 2 amide bonds. The zero-order valence-electron chi connectivity index (χ0n) is 11.0. The lowest BCUT2D eigenvalue weighted by atomic mass is 10.1. The van der Waals surface area contributed by atoms with E-state index in [4.69, 9.17) is 0 Å². The van der Waals surface area contributed by atoms with Gasteiger partial charge in [0.1, 0.15) is 0 Å². The first-order valence-corrected chi connectivity index (χ1v) is 5.90. The summed E-state index contributed by atoms with van der Waals surface area (Å²) in [6.45, 7) is 2.41. The van der Waals surface area contributed by atoms with Gasteiger partial charge in [-0.05, 0) is 19.1 Å². The number of para-hydroxylation sites is 1. The normalized spacial score (nSPS) is 9.72. The molecule has 18 heavy (non-hydrogen) atoms. The van der Waals surface area contributed by atoms with Crippen molar-refractivity contribution in [3.05, 3.63) is 29.8 Å². The second-order valence-corrected chi connectivity index (χ2v) is 3.79. The maximum atomic E-state index is 12.3. The first-order valence-electron chi connectivity index (χ1n) is 5.90. The van der Waals surface area contributed by atoms with E-state index in [1.54, 1.807) is 20.2 Å². The highest BCUT2D eigenvalue weighted by atomic mass is 16.2. The van der Waals surface area contributed by atoms with E-state index >= 15 is 0 Å². The van der Waals surface area contributed by atoms with Gasteiger partial charge in [-0.25, -0.2) is 0 Å². The molecule has 0 aliphatic heterocycles. The van der Waals surface area contributed by atoms with Crippen molar-refractivity contribution in [1.82, 2.24) is 10.2 Å². The third kappa shape index (κ3) is 3.23. The molecule has 0 aliphatic carbocycles. The number of amides is 2. The van der Waals surface area contributed by atoms with Gasteiger partial charge in [-0.2, -0.15) is 0 Å². The lowest BCUT2D eigenvalue weighted by molar-refractivity contribution is -0.121. The van der Waals surface area contributed by atoms with E-state index in [2.05, 4.69) is 10.6 Å². The first kappa shape index (κ1) is 14.0. The van der Waals surface area contributed by atoms with Gasteiger partial charge in [0.15, 0.2) is 0 Å². The van der Waals surface area contributed by atoms with Gasteiger partial charge in [-0.3, -0.25) is 9.59 Å². The van der Waals surface area contributed by atoms with Crippen LogP contribution in [0.5, 0.6) is 0 Å². The molecule has 0 aromatic heterocycles. The van der Waals surface area contributed by atoms with Crippen molar-refractivity contribution in [3.8, 4) is 0 Å². The fourth-order valence-electron chi connectivity index (χ4n) is 1.64. The zero-order chi connectivity index (χ0) is 13.5. The quantitative estimate of drug-likeness (QED) is 0.816. The van der Waals surface area contributed by atoms with Crippen molar-refractivity contribution < 1.29 is 9.59 Å². The Kier molecular flexibility index (Phi) is 5.17. The number of nitrogens with zero attached hydrogens (tertiary/aromatic N) is 1. The molecule has 5 heteroatoms. The molecule has 0 atom stereocenters. The van der Waals surface area contributed by atoms with E-state index in [1.165, 1.54) is 4.90 Å². The molecule has 0 unspecified atom stereocenters. The second kappa shape index (κ2) is 6.64. The van der Waals surface area contributed by atoms with Gasteiger partial charge in [0.25, 0.3) is 5.91 Å². The van der Waals surface area contributed by atoms with Crippen LogP contribution in [0.25, 0.3) is 0 Å². The Labute approximate surface area is 107 Å². The number of hydrogen-bond acceptors (Lipinski definition) is 3. The summed E-state index contributed by atoms with van der Waals surface area (Å²) >= 11 is 0. The summed E-state index contributed by atoms with van der Waals surface area (Å²) in [5.41, 5.74) is 1.34. The predicted octanol–water partition coefficient (Wildman–Crippen LogP) is 0.936. The van der Waals surface area contributed by atoms with Crippen LogP contribution in [0.2, 0.25) is 0 Å². The van der Waals surface area contributed by atoms with Crippen LogP contribution in [0.4, 0.5) is 5.69 Å². The second-order valence-electron chi connectivity index (χ2n) is 3.79.